The highest BCUT2D eigenvalue weighted by atomic mass is 32.1. The molecule has 102 valence electrons. The molecule has 0 spiro atoms. The van der Waals surface area contributed by atoms with Crippen molar-refractivity contribution in [3.8, 4) is 0 Å². The van der Waals surface area contributed by atoms with Gasteiger partial charge in [-0.1, -0.05) is 13.8 Å². The van der Waals surface area contributed by atoms with Crippen LogP contribution < -0.4 is 5.32 Å². The molecular formula is C13H23N3OS. The van der Waals surface area contributed by atoms with Gasteiger partial charge < -0.3 is 10.1 Å². The van der Waals surface area contributed by atoms with E-state index in [1.54, 1.807) is 11.3 Å². The molecule has 1 aliphatic carbocycles. The van der Waals surface area contributed by atoms with Crippen LogP contribution in [0.15, 0.2) is 0 Å². The van der Waals surface area contributed by atoms with E-state index in [-0.39, 0.29) is 0 Å². The Morgan fingerprint density at radius 1 is 1.33 bits per heavy atom. The lowest BCUT2D eigenvalue weighted by Gasteiger charge is -2.34. The fraction of sp³-hybridized carbons (Fsp3) is 0.846. The molecule has 1 aromatic heterocycles. The van der Waals surface area contributed by atoms with Crippen LogP contribution in [0.25, 0.3) is 0 Å². The van der Waals surface area contributed by atoms with E-state index in [1.807, 2.05) is 0 Å². The zero-order chi connectivity index (χ0) is 13.0. The lowest BCUT2D eigenvalue weighted by atomic mass is 9.80. The SMILES string of the molecule is CCOC1CC(Cc2nnc(CNC(C)C)s2)C1. The van der Waals surface area contributed by atoms with Crippen LogP contribution in [-0.4, -0.2) is 29.0 Å². The minimum Gasteiger partial charge on any atom is -0.378 e. The van der Waals surface area contributed by atoms with Crippen molar-refractivity contribution >= 4 is 11.3 Å². The fourth-order valence-corrected chi connectivity index (χ4v) is 3.10. The maximum Gasteiger partial charge on any atom is 0.131 e. The molecular weight excluding hydrogens is 246 g/mol. The maximum absolute atomic E-state index is 5.57. The molecule has 1 heterocycles. The lowest BCUT2D eigenvalue weighted by molar-refractivity contribution is -0.0240. The second-order valence-corrected chi connectivity index (χ2v) is 6.39. The van der Waals surface area contributed by atoms with Gasteiger partial charge in [0.1, 0.15) is 10.0 Å². The third kappa shape index (κ3) is 4.00. The standard InChI is InChI=1S/C13H23N3OS/c1-4-17-11-5-10(6-11)7-12-15-16-13(18-12)8-14-9(2)3/h9-11,14H,4-8H2,1-3H3. The van der Waals surface area contributed by atoms with Gasteiger partial charge in [-0.3, -0.25) is 0 Å². The van der Waals surface area contributed by atoms with Gasteiger partial charge in [0, 0.05) is 25.6 Å². The summed E-state index contributed by atoms with van der Waals surface area (Å²) in [5, 5.41) is 14.1. The number of ether oxygens (including phenoxy) is 1. The topological polar surface area (TPSA) is 47.0 Å². The second-order valence-electron chi connectivity index (χ2n) is 5.24. The van der Waals surface area contributed by atoms with Crippen molar-refractivity contribution in [1.82, 2.24) is 15.5 Å². The first kappa shape index (κ1) is 13.9. The molecule has 0 atom stereocenters. The van der Waals surface area contributed by atoms with Crippen LogP contribution in [0.2, 0.25) is 0 Å². The van der Waals surface area contributed by atoms with Crippen LogP contribution >= 0.6 is 11.3 Å². The first-order valence-electron chi connectivity index (χ1n) is 6.83. The van der Waals surface area contributed by atoms with Crippen LogP contribution in [-0.2, 0) is 17.7 Å². The average molecular weight is 269 g/mol. The van der Waals surface area contributed by atoms with Gasteiger partial charge in [0.25, 0.3) is 0 Å². The van der Waals surface area contributed by atoms with Crippen molar-refractivity contribution in [1.29, 1.82) is 0 Å². The highest BCUT2D eigenvalue weighted by Crippen LogP contribution is 2.33. The summed E-state index contributed by atoms with van der Waals surface area (Å²) >= 11 is 1.74. The smallest absolute Gasteiger partial charge is 0.131 e. The second kappa shape index (κ2) is 6.59. The van der Waals surface area contributed by atoms with E-state index >= 15 is 0 Å². The van der Waals surface area contributed by atoms with Crippen LogP contribution in [0.1, 0.15) is 43.6 Å². The van der Waals surface area contributed by atoms with Crippen molar-refractivity contribution in [3.05, 3.63) is 10.0 Å². The molecule has 4 nitrogen and oxygen atoms in total. The van der Waals surface area contributed by atoms with Crippen LogP contribution in [0.5, 0.6) is 0 Å². The third-order valence-electron chi connectivity index (χ3n) is 3.23. The summed E-state index contributed by atoms with van der Waals surface area (Å²) in [7, 11) is 0. The maximum atomic E-state index is 5.57. The highest BCUT2D eigenvalue weighted by molar-refractivity contribution is 7.11. The van der Waals surface area contributed by atoms with Gasteiger partial charge in [0.05, 0.1) is 6.10 Å². The number of rotatable bonds is 7. The van der Waals surface area contributed by atoms with Crippen molar-refractivity contribution in [2.45, 2.75) is 58.7 Å². The quantitative estimate of drug-likeness (QED) is 0.825. The van der Waals surface area contributed by atoms with E-state index in [9.17, 15) is 0 Å². The predicted molar refractivity (Wildman–Crippen MR) is 73.7 cm³/mol. The minimum atomic E-state index is 0.495. The van der Waals surface area contributed by atoms with Gasteiger partial charge in [0.2, 0.25) is 0 Å². The molecule has 2 rings (SSSR count). The van der Waals surface area contributed by atoms with E-state index in [2.05, 4.69) is 36.3 Å². The molecule has 1 N–H and O–H groups in total. The Morgan fingerprint density at radius 2 is 2.06 bits per heavy atom. The Hall–Kier alpha value is -0.520. The van der Waals surface area contributed by atoms with Gasteiger partial charge in [-0.05, 0) is 25.7 Å². The Labute approximate surface area is 113 Å². The van der Waals surface area contributed by atoms with E-state index in [4.69, 9.17) is 4.74 Å². The molecule has 1 fully saturated rings. The molecule has 0 saturated heterocycles. The number of nitrogens with one attached hydrogen (secondary N) is 1. The zero-order valence-electron chi connectivity index (χ0n) is 11.5. The molecule has 18 heavy (non-hydrogen) atoms. The summed E-state index contributed by atoms with van der Waals surface area (Å²) < 4.78 is 5.57. The zero-order valence-corrected chi connectivity index (χ0v) is 12.3. The number of hydrogen-bond acceptors (Lipinski definition) is 5. The van der Waals surface area contributed by atoms with E-state index in [0.29, 0.717) is 12.1 Å². The first-order valence-corrected chi connectivity index (χ1v) is 7.65. The molecule has 0 amide bonds. The number of nitrogens with zero attached hydrogens (tertiary/aromatic N) is 2. The summed E-state index contributed by atoms with van der Waals surface area (Å²) in [5.74, 6) is 0.750. The first-order chi connectivity index (χ1) is 8.67. The lowest BCUT2D eigenvalue weighted by Crippen LogP contribution is -2.32. The minimum absolute atomic E-state index is 0.495. The van der Waals surface area contributed by atoms with E-state index < -0.39 is 0 Å². The van der Waals surface area contributed by atoms with Crippen molar-refractivity contribution < 1.29 is 4.74 Å². The van der Waals surface area contributed by atoms with Crippen molar-refractivity contribution in [3.63, 3.8) is 0 Å². The van der Waals surface area contributed by atoms with E-state index in [1.165, 1.54) is 17.8 Å². The Kier molecular flexibility index (Phi) is 5.09. The molecule has 0 bridgehead atoms. The van der Waals surface area contributed by atoms with Gasteiger partial charge in [-0.15, -0.1) is 21.5 Å². The van der Waals surface area contributed by atoms with Crippen LogP contribution in [0.4, 0.5) is 0 Å². The molecule has 1 aliphatic rings. The number of hydrogen-bond donors (Lipinski definition) is 1. The van der Waals surface area contributed by atoms with E-state index in [0.717, 1.165) is 30.5 Å². The van der Waals surface area contributed by atoms with Crippen LogP contribution in [0, 0.1) is 5.92 Å². The molecule has 0 radical (unpaired) electrons. The Morgan fingerprint density at radius 3 is 2.72 bits per heavy atom. The molecule has 0 aromatic carbocycles. The Balaban J connectivity index is 1.71. The summed E-state index contributed by atoms with van der Waals surface area (Å²) in [6.07, 6.45) is 3.94. The highest BCUT2D eigenvalue weighted by Gasteiger charge is 2.30. The van der Waals surface area contributed by atoms with Crippen molar-refractivity contribution in [2.75, 3.05) is 6.61 Å². The fourth-order valence-electron chi connectivity index (χ4n) is 2.19. The summed E-state index contributed by atoms with van der Waals surface area (Å²) in [6.45, 7) is 8.02. The van der Waals surface area contributed by atoms with Gasteiger partial charge in [-0.2, -0.15) is 0 Å². The monoisotopic (exact) mass is 269 g/mol. The summed E-state index contributed by atoms with van der Waals surface area (Å²) in [6, 6.07) is 0.496. The van der Waals surface area contributed by atoms with Gasteiger partial charge in [0.15, 0.2) is 0 Å². The van der Waals surface area contributed by atoms with Gasteiger partial charge >= 0.3 is 0 Å². The molecule has 1 saturated carbocycles. The van der Waals surface area contributed by atoms with Crippen molar-refractivity contribution in [2.24, 2.45) is 5.92 Å². The normalized spacial score (nSPS) is 23.3. The molecule has 5 heteroatoms. The van der Waals surface area contributed by atoms with Crippen LogP contribution in [0.3, 0.4) is 0 Å². The number of aromatic nitrogens is 2. The molecule has 0 aliphatic heterocycles. The Bertz CT molecular complexity index is 361. The largest absolute Gasteiger partial charge is 0.378 e. The van der Waals surface area contributed by atoms with Gasteiger partial charge in [-0.25, -0.2) is 0 Å². The average Bonchev–Trinajstić information content (AvgIpc) is 2.71. The molecule has 0 unspecified atom stereocenters. The summed E-state index contributed by atoms with van der Waals surface area (Å²) in [5.41, 5.74) is 0. The third-order valence-corrected chi connectivity index (χ3v) is 4.17. The molecule has 1 aromatic rings. The predicted octanol–water partition coefficient (Wildman–Crippen LogP) is 2.39. The summed E-state index contributed by atoms with van der Waals surface area (Å²) in [4.78, 5) is 0.